The molecular formula is C35H43BrFIN7O8P. The first kappa shape index (κ1) is 44.8. The standard InChI is InChI=1S/C35H43BrFIN7O8P/c1-3-35(37,54(51,52)53-40)25-13-10-22(11-14-25)16-30(45-32(48)24-12-9-21(2)28(36)18-24)34(50)44-29(33(49)43-27(20-46)19-42-39)8-5-15-41-31(47)23-6-4-7-26(38)17-23/h4,6-7,9-14,17-18,20,27,29-30,42H,3,5,8,15-16,19,39-40H2,1-2H3,(H,41,47)(H,43,49)(H,44,50)(H,45,48)(H,51,52). The molecule has 0 bridgehead atoms. The molecule has 10 N–H and O–H groups in total. The van der Waals surface area contributed by atoms with Crippen LogP contribution in [-0.4, -0.2) is 66.0 Å². The second-order valence-corrected chi connectivity index (χ2v) is 16.3. The number of aldehydes is 1. The van der Waals surface area contributed by atoms with Crippen LogP contribution >= 0.6 is 46.1 Å². The Morgan fingerprint density at radius 2 is 1.67 bits per heavy atom. The summed E-state index contributed by atoms with van der Waals surface area (Å²) >= 11 is 5.49. The molecule has 0 aliphatic carbocycles. The van der Waals surface area contributed by atoms with Crippen LogP contribution in [0, 0.1) is 10.5 Å². The lowest BCUT2D eigenvalue weighted by atomic mass is 10.00. The van der Waals surface area contributed by atoms with Crippen LogP contribution in [-0.2, 0) is 35.4 Å². The Bertz CT molecular complexity index is 1860. The first-order chi connectivity index (χ1) is 25.6. The van der Waals surface area contributed by atoms with E-state index < -0.39 is 55.3 Å². The quantitative estimate of drug-likeness (QED) is 0.0204. The van der Waals surface area contributed by atoms with Crippen molar-refractivity contribution >= 4 is 76.0 Å². The summed E-state index contributed by atoms with van der Waals surface area (Å²) in [5.74, 6) is 7.84. The summed E-state index contributed by atoms with van der Waals surface area (Å²) in [7, 11) is -4.92. The molecule has 3 rings (SSSR count). The van der Waals surface area contributed by atoms with Gasteiger partial charge in [-0.25, -0.2) is 14.9 Å². The van der Waals surface area contributed by atoms with Crippen LogP contribution in [0.15, 0.2) is 71.2 Å². The van der Waals surface area contributed by atoms with Gasteiger partial charge in [-0.3, -0.25) is 35.0 Å². The average Bonchev–Trinajstić information content (AvgIpc) is 3.16. The molecule has 0 saturated heterocycles. The maximum absolute atomic E-state index is 15.7. The van der Waals surface area contributed by atoms with Crippen molar-refractivity contribution in [3.8, 4) is 0 Å². The molecule has 3 aromatic carbocycles. The van der Waals surface area contributed by atoms with E-state index in [0.717, 1.165) is 9.13 Å². The van der Waals surface area contributed by atoms with Gasteiger partial charge in [0.1, 0.15) is 18.4 Å². The summed E-state index contributed by atoms with van der Waals surface area (Å²) in [6.45, 7) is 3.24. The van der Waals surface area contributed by atoms with E-state index in [0.29, 0.717) is 21.9 Å². The molecule has 0 heterocycles. The molecule has 15 nitrogen and oxygen atoms in total. The fourth-order valence-electron chi connectivity index (χ4n) is 5.29. The van der Waals surface area contributed by atoms with Crippen molar-refractivity contribution in [3.05, 3.63) is 103 Å². The zero-order valence-corrected chi connectivity index (χ0v) is 34.1. The van der Waals surface area contributed by atoms with Gasteiger partial charge in [-0.05, 0) is 90.2 Å². The third-order valence-electron chi connectivity index (χ3n) is 8.46. The van der Waals surface area contributed by atoms with Crippen molar-refractivity contribution in [3.63, 3.8) is 0 Å². The molecule has 0 saturated carbocycles. The Hall–Kier alpha value is -3.62. The van der Waals surface area contributed by atoms with Gasteiger partial charge in [0.15, 0.2) is 0 Å². The number of aryl methyl sites for hydroxylation is 1. The van der Waals surface area contributed by atoms with Crippen LogP contribution in [0.1, 0.15) is 63.6 Å². The molecule has 5 unspecified atom stereocenters. The predicted molar refractivity (Wildman–Crippen MR) is 211 cm³/mol. The fourth-order valence-corrected chi connectivity index (χ4v) is 7.26. The molecule has 54 heavy (non-hydrogen) atoms. The van der Waals surface area contributed by atoms with Crippen LogP contribution in [0.2, 0.25) is 0 Å². The summed E-state index contributed by atoms with van der Waals surface area (Å²) in [4.78, 5) is 75.2. The van der Waals surface area contributed by atoms with Crippen molar-refractivity contribution in [2.45, 2.75) is 63.1 Å². The molecule has 0 aliphatic heterocycles. The summed E-state index contributed by atoms with van der Waals surface area (Å²) in [5.41, 5.74) is 4.08. The van der Waals surface area contributed by atoms with Crippen LogP contribution in [0.3, 0.4) is 0 Å². The summed E-state index contributed by atoms with van der Waals surface area (Å²) in [5, 5.41) is 7.86. The number of nitrogens with two attached hydrogens (primary N) is 2. The Morgan fingerprint density at radius 3 is 2.26 bits per heavy atom. The van der Waals surface area contributed by atoms with Gasteiger partial charge in [-0.2, -0.15) is 0 Å². The minimum Gasteiger partial charge on any atom is -0.352 e. The molecule has 3 aromatic rings. The second-order valence-electron chi connectivity index (χ2n) is 12.3. The lowest BCUT2D eigenvalue weighted by molar-refractivity contribution is -0.131. The van der Waals surface area contributed by atoms with Crippen LogP contribution < -0.4 is 38.4 Å². The van der Waals surface area contributed by atoms with Crippen LogP contribution in [0.4, 0.5) is 4.39 Å². The van der Waals surface area contributed by atoms with Gasteiger partial charge in [0.2, 0.25) is 17.2 Å². The van der Waals surface area contributed by atoms with Crippen LogP contribution in [0.25, 0.3) is 0 Å². The highest BCUT2D eigenvalue weighted by atomic mass is 127. The number of nitrogens with one attached hydrogen (secondary N) is 5. The third kappa shape index (κ3) is 12.2. The Kier molecular flexibility index (Phi) is 17.3. The number of amides is 4. The monoisotopic (exact) mass is 945 g/mol. The van der Waals surface area contributed by atoms with E-state index in [4.69, 9.17) is 11.7 Å². The lowest BCUT2D eigenvalue weighted by Gasteiger charge is -2.27. The number of alkyl halides is 1. The Morgan fingerprint density at radius 1 is 1.00 bits per heavy atom. The summed E-state index contributed by atoms with van der Waals surface area (Å²) in [6, 6.07) is 13.6. The molecule has 0 spiro atoms. The minimum atomic E-state index is -4.92. The van der Waals surface area contributed by atoms with Crippen molar-refractivity contribution in [2.75, 3.05) is 13.1 Å². The van der Waals surface area contributed by atoms with E-state index in [9.17, 15) is 33.4 Å². The molecule has 292 valence electrons. The number of carbonyl (C=O) groups excluding carboxylic acids is 5. The predicted octanol–water partition coefficient (Wildman–Crippen LogP) is 3.15. The number of halogens is 3. The smallest absolute Gasteiger partial charge is 0.352 e. The Labute approximate surface area is 334 Å². The van der Waals surface area contributed by atoms with Gasteiger partial charge in [0, 0.05) is 44.2 Å². The molecule has 0 aliphatic rings. The van der Waals surface area contributed by atoms with Gasteiger partial charge in [0.05, 0.1) is 6.04 Å². The molecule has 0 aromatic heterocycles. The van der Waals surface area contributed by atoms with Crippen molar-refractivity contribution in [1.29, 1.82) is 0 Å². The van der Waals surface area contributed by atoms with Gasteiger partial charge in [-0.1, -0.05) is 59.3 Å². The van der Waals surface area contributed by atoms with Crippen molar-refractivity contribution in [1.82, 2.24) is 26.7 Å². The SMILES string of the molecule is CCC(F)(c1ccc(CC(NC(=O)c2ccc(C)c(Br)c2)C(=O)NC(CCCNC(=O)c2cccc(I)c2)C(=O)NC(C=O)CNN)cc1)P(=O)(O)ON. The van der Waals surface area contributed by atoms with E-state index in [-0.39, 0.29) is 49.4 Å². The molecule has 19 heteroatoms. The molecular weight excluding hydrogens is 903 g/mol. The number of benzene rings is 3. The fraction of sp³-hybridized carbons (Fsp3) is 0.343. The first-order valence-corrected chi connectivity index (χ1v) is 20.1. The summed E-state index contributed by atoms with van der Waals surface area (Å²) < 4.78 is 33.7. The highest BCUT2D eigenvalue weighted by Gasteiger charge is 2.50. The zero-order chi connectivity index (χ0) is 40.1. The normalized spacial score (nSPS) is 15.0. The van der Waals surface area contributed by atoms with Crippen molar-refractivity contribution < 1.29 is 42.4 Å². The Balaban J connectivity index is 1.89. The number of carbonyl (C=O) groups is 5. The zero-order valence-electron chi connectivity index (χ0n) is 29.4. The van der Waals surface area contributed by atoms with E-state index >= 15 is 4.39 Å². The highest BCUT2D eigenvalue weighted by molar-refractivity contribution is 14.1. The lowest BCUT2D eigenvalue weighted by Crippen LogP contribution is -2.56. The van der Waals surface area contributed by atoms with Crippen LogP contribution in [0.5, 0.6) is 0 Å². The second kappa shape index (κ2) is 20.9. The molecule has 0 radical (unpaired) electrons. The van der Waals surface area contributed by atoms with Gasteiger partial charge < -0.3 is 31.0 Å². The molecule has 0 fully saturated rings. The number of hydrazine groups is 1. The number of hydrogen-bond donors (Lipinski definition) is 8. The molecule has 4 amide bonds. The van der Waals surface area contributed by atoms with Gasteiger partial charge in [-0.15, -0.1) is 0 Å². The van der Waals surface area contributed by atoms with Gasteiger partial charge >= 0.3 is 7.60 Å². The number of rotatable bonds is 20. The maximum atomic E-state index is 15.7. The maximum Gasteiger partial charge on any atom is 0.385 e. The number of hydrogen-bond acceptors (Lipinski definition) is 10. The molecule has 5 atom stereocenters. The summed E-state index contributed by atoms with van der Waals surface area (Å²) in [6.07, 6.45) is 0.134. The van der Waals surface area contributed by atoms with E-state index in [1.165, 1.54) is 31.2 Å². The van der Waals surface area contributed by atoms with E-state index in [1.54, 1.807) is 36.4 Å². The minimum absolute atomic E-state index is 0.0200. The van der Waals surface area contributed by atoms with Crippen molar-refractivity contribution in [2.24, 2.45) is 11.7 Å². The van der Waals surface area contributed by atoms with E-state index in [2.05, 4.69) is 69.8 Å². The van der Waals surface area contributed by atoms with E-state index in [1.807, 2.05) is 13.0 Å². The first-order valence-electron chi connectivity index (χ1n) is 16.7. The third-order valence-corrected chi connectivity index (χ3v) is 11.7. The van der Waals surface area contributed by atoms with Gasteiger partial charge in [0.25, 0.3) is 11.8 Å². The average molecular weight is 947 g/mol. The largest absolute Gasteiger partial charge is 0.385 e. The highest BCUT2D eigenvalue weighted by Crippen LogP contribution is 2.62. The topological polar surface area (TPSA) is 244 Å².